The summed E-state index contributed by atoms with van der Waals surface area (Å²) in [5, 5.41) is 1.07. The zero-order valence-corrected chi connectivity index (χ0v) is 14.1. The van der Waals surface area contributed by atoms with Crippen molar-refractivity contribution in [3.8, 4) is 5.75 Å². The minimum Gasteiger partial charge on any atom is -0.497 e. The van der Waals surface area contributed by atoms with Crippen molar-refractivity contribution in [2.45, 2.75) is 57.3 Å². The van der Waals surface area contributed by atoms with Crippen LogP contribution >= 0.6 is 0 Å². The van der Waals surface area contributed by atoms with E-state index in [1.807, 2.05) is 12.1 Å². The number of aryl methyl sites for hydroxylation is 1. The first-order valence-corrected chi connectivity index (χ1v) is 7.92. The van der Waals surface area contributed by atoms with Gasteiger partial charge in [0, 0.05) is 12.0 Å². The summed E-state index contributed by atoms with van der Waals surface area (Å²) < 4.78 is 45.4. The Kier molecular flexibility index (Phi) is 5.42. The van der Waals surface area contributed by atoms with Crippen LogP contribution in [0.25, 0.3) is 0 Å². The van der Waals surface area contributed by atoms with Crippen LogP contribution in [-0.4, -0.2) is 35.8 Å². The summed E-state index contributed by atoms with van der Waals surface area (Å²) >= 11 is 0. The Hall–Kier alpha value is -1.76. The van der Waals surface area contributed by atoms with Gasteiger partial charge < -0.3 is 4.74 Å². The van der Waals surface area contributed by atoms with Crippen LogP contribution in [0.2, 0.25) is 0 Å². The Morgan fingerprint density at radius 2 is 1.92 bits per heavy atom. The number of amides is 1. The Balaban J connectivity index is 2.00. The summed E-state index contributed by atoms with van der Waals surface area (Å²) in [5.41, 5.74) is 2.48. The highest BCUT2D eigenvalue weighted by Gasteiger charge is 2.51. The van der Waals surface area contributed by atoms with E-state index in [4.69, 9.17) is 4.74 Å². The highest BCUT2D eigenvalue weighted by molar-refractivity contribution is 5.78. The van der Waals surface area contributed by atoms with Gasteiger partial charge in [-0.1, -0.05) is 12.1 Å². The third-order valence-electron chi connectivity index (χ3n) is 4.28. The number of carbonyl (C=O) groups excluding carboxylic acids is 1. The van der Waals surface area contributed by atoms with Gasteiger partial charge in [0.2, 0.25) is 5.91 Å². The van der Waals surface area contributed by atoms with Crippen molar-refractivity contribution in [1.29, 1.82) is 0 Å². The maximum absolute atomic E-state index is 13.5. The number of halogens is 3. The van der Waals surface area contributed by atoms with Crippen molar-refractivity contribution in [2.24, 2.45) is 0 Å². The highest BCUT2D eigenvalue weighted by atomic mass is 19.4. The first-order chi connectivity index (χ1) is 11.1. The zero-order chi connectivity index (χ0) is 18.0. The second-order valence-corrected chi connectivity index (χ2v) is 6.69. The molecule has 1 amide bonds. The number of hydrogen-bond acceptors (Lipinski definition) is 3. The predicted octanol–water partition coefficient (Wildman–Crippen LogP) is 3.46. The fraction of sp³-hybridized carbons (Fsp3) is 0.588. The van der Waals surface area contributed by atoms with E-state index in [1.54, 1.807) is 33.1 Å². The molecule has 24 heavy (non-hydrogen) atoms. The van der Waals surface area contributed by atoms with Gasteiger partial charge in [-0.2, -0.15) is 13.2 Å². The molecule has 0 bridgehead atoms. The summed E-state index contributed by atoms with van der Waals surface area (Å²) in [6, 6.07) is 5.60. The standard InChI is InChI=1S/C17H23F3N2O2/c1-16(2)11-15(23)21-22(16)14(17(18,19)20)6-4-5-12-7-9-13(24-3)10-8-12/h7-10,14H,4-6,11H2,1-3H3,(H,21,23). The molecular formula is C17H23F3N2O2. The van der Waals surface area contributed by atoms with Gasteiger partial charge in [-0.05, 0) is 50.8 Å². The van der Waals surface area contributed by atoms with E-state index in [0.29, 0.717) is 18.6 Å². The van der Waals surface area contributed by atoms with Crippen LogP contribution in [0, 0.1) is 0 Å². The quantitative estimate of drug-likeness (QED) is 0.859. The molecular weight excluding hydrogens is 321 g/mol. The first kappa shape index (κ1) is 18.6. The van der Waals surface area contributed by atoms with E-state index in [0.717, 1.165) is 10.6 Å². The molecule has 1 aliphatic rings. The lowest BCUT2D eigenvalue weighted by Crippen LogP contribution is -2.56. The van der Waals surface area contributed by atoms with E-state index in [2.05, 4.69) is 5.43 Å². The smallest absolute Gasteiger partial charge is 0.405 e. The number of methoxy groups -OCH3 is 1. The number of alkyl halides is 3. The minimum absolute atomic E-state index is 0.0675. The Morgan fingerprint density at radius 1 is 1.29 bits per heavy atom. The van der Waals surface area contributed by atoms with E-state index in [-0.39, 0.29) is 18.7 Å². The number of nitrogens with zero attached hydrogens (tertiary/aromatic N) is 1. The molecule has 1 aromatic rings. The maximum Gasteiger partial charge on any atom is 0.405 e. The van der Waals surface area contributed by atoms with Crippen molar-refractivity contribution in [3.63, 3.8) is 0 Å². The van der Waals surface area contributed by atoms with Crippen LogP contribution in [0.1, 0.15) is 38.7 Å². The number of rotatable bonds is 6. The fourth-order valence-corrected chi connectivity index (χ4v) is 3.03. The maximum atomic E-state index is 13.5. The van der Waals surface area contributed by atoms with Crippen LogP contribution < -0.4 is 10.2 Å². The molecule has 1 aliphatic heterocycles. The summed E-state index contributed by atoms with van der Waals surface area (Å²) in [6.45, 7) is 3.29. The number of carbonyl (C=O) groups is 1. The van der Waals surface area contributed by atoms with Gasteiger partial charge in [0.25, 0.3) is 0 Å². The normalized spacial score (nSPS) is 19.2. The molecule has 1 N–H and O–H groups in total. The third kappa shape index (κ3) is 4.41. The third-order valence-corrected chi connectivity index (χ3v) is 4.28. The van der Waals surface area contributed by atoms with E-state index in [9.17, 15) is 18.0 Å². The van der Waals surface area contributed by atoms with Crippen LogP contribution in [0.5, 0.6) is 5.75 Å². The Bertz CT molecular complexity index is 570. The lowest BCUT2D eigenvalue weighted by atomic mass is 9.97. The van der Waals surface area contributed by atoms with Crippen LogP contribution in [0.3, 0.4) is 0 Å². The summed E-state index contributed by atoms with van der Waals surface area (Å²) in [5.74, 6) is 0.345. The highest BCUT2D eigenvalue weighted by Crippen LogP contribution is 2.35. The molecule has 1 atom stereocenters. The molecule has 0 spiro atoms. The van der Waals surface area contributed by atoms with E-state index in [1.165, 1.54) is 0 Å². The lowest BCUT2D eigenvalue weighted by molar-refractivity contribution is -0.202. The molecule has 1 fully saturated rings. The molecule has 134 valence electrons. The van der Waals surface area contributed by atoms with E-state index >= 15 is 0 Å². The number of hydrazine groups is 1. The van der Waals surface area contributed by atoms with Gasteiger partial charge in [0.05, 0.1) is 7.11 Å². The van der Waals surface area contributed by atoms with Gasteiger partial charge in [0.1, 0.15) is 11.8 Å². The van der Waals surface area contributed by atoms with Gasteiger partial charge in [-0.15, -0.1) is 0 Å². The number of hydrogen-bond donors (Lipinski definition) is 1. The fourth-order valence-electron chi connectivity index (χ4n) is 3.03. The number of ether oxygens (including phenoxy) is 1. The molecule has 0 radical (unpaired) electrons. The SMILES string of the molecule is COc1ccc(CCCC(N2NC(=O)CC2(C)C)C(F)(F)F)cc1. The topological polar surface area (TPSA) is 41.6 Å². The van der Waals surface area contributed by atoms with Crippen LogP contribution in [-0.2, 0) is 11.2 Å². The monoisotopic (exact) mass is 344 g/mol. The van der Waals surface area contributed by atoms with Gasteiger partial charge in [-0.3, -0.25) is 10.2 Å². The van der Waals surface area contributed by atoms with Crippen LogP contribution in [0.15, 0.2) is 24.3 Å². The number of benzene rings is 1. The molecule has 1 aromatic carbocycles. The molecule has 1 unspecified atom stereocenters. The summed E-state index contributed by atoms with van der Waals surface area (Å²) in [4.78, 5) is 11.5. The number of nitrogens with one attached hydrogen (secondary N) is 1. The largest absolute Gasteiger partial charge is 0.497 e. The lowest BCUT2D eigenvalue weighted by Gasteiger charge is -2.37. The van der Waals surface area contributed by atoms with Crippen molar-refractivity contribution in [3.05, 3.63) is 29.8 Å². The molecule has 1 saturated heterocycles. The zero-order valence-electron chi connectivity index (χ0n) is 14.1. The van der Waals surface area contributed by atoms with Crippen LogP contribution in [0.4, 0.5) is 13.2 Å². The molecule has 0 saturated carbocycles. The van der Waals surface area contributed by atoms with Gasteiger partial charge >= 0.3 is 6.18 Å². The average molecular weight is 344 g/mol. The first-order valence-electron chi connectivity index (χ1n) is 7.92. The summed E-state index contributed by atoms with van der Waals surface area (Å²) in [7, 11) is 1.56. The van der Waals surface area contributed by atoms with Crippen molar-refractivity contribution in [2.75, 3.05) is 7.11 Å². The van der Waals surface area contributed by atoms with Crippen molar-refractivity contribution in [1.82, 2.24) is 10.4 Å². The summed E-state index contributed by atoms with van der Waals surface area (Å²) in [6.07, 6.45) is -3.48. The van der Waals surface area contributed by atoms with Crippen molar-refractivity contribution < 1.29 is 22.7 Å². The van der Waals surface area contributed by atoms with E-state index < -0.39 is 17.8 Å². The second kappa shape index (κ2) is 7.01. The molecule has 4 nitrogen and oxygen atoms in total. The molecule has 2 rings (SSSR count). The minimum atomic E-state index is -4.39. The Morgan fingerprint density at radius 3 is 2.38 bits per heavy atom. The molecule has 0 aromatic heterocycles. The Labute approximate surface area is 139 Å². The van der Waals surface area contributed by atoms with Crippen molar-refractivity contribution >= 4 is 5.91 Å². The average Bonchev–Trinajstić information content (AvgIpc) is 2.75. The molecule has 1 heterocycles. The van der Waals surface area contributed by atoms with Gasteiger partial charge in [-0.25, -0.2) is 5.01 Å². The predicted molar refractivity (Wildman–Crippen MR) is 84.5 cm³/mol. The second-order valence-electron chi connectivity index (χ2n) is 6.69. The molecule has 0 aliphatic carbocycles. The van der Waals surface area contributed by atoms with Gasteiger partial charge in [0.15, 0.2) is 0 Å². The molecule has 7 heteroatoms.